The Morgan fingerprint density at radius 1 is 1.07 bits per heavy atom. The minimum absolute atomic E-state index is 0.387. The minimum atomic E-state index is 0.387. The molecule has 1 unspecified atom stereocenters. The molecular formula is C23H34N6O. The number of aliphatic imine (C=N–C) groups is 1. The summed E-state index contributed by atoms with van der Waals surface area (Å²) in [5, 5.41) is 7.71. The third-order valence-corrected chi connectivity index (χ3v) is 6.26. The zero-order valence-electron chi connectivity index (χ0n) is 18.3. The normalized spacial score (nSPS) is 19.9. The molecule has 0 aliphatic carbocycles. The van der Waals surface area contributed by atoms with E-state index in [4.69, 9.17) is 4.52 Å². The van der Waals surface area contributed by atoms with Gasteiger partial charge in [0.1, 0.15) is 6.26 Å². The van der Waals surface area contributed by atoms with Gasteiger partial charge in [0.25, 0.3) is 0 Å². The molecule has 0 saturated carbocycles. The molecule has 0 spiro atoms. The fourth-order valence-electron chi connectivity index (χ4n) is 4.49. The first-order valence-electron chi connectivity index (χ1n) is 11.1. The molecule has 1 atom stereocenters. The number of hydrogen-bond acceptors (Lipinski definition) is 5. The summed E-state index contributed by atoms with van der Waals surface area (Å²) >= 11 is 0. The molecule has 162 valence electrons. The van der Waals surface area contributed by atoms with Crippen LogP contribution < -0.4 is 5.32 Å². The summed E-state index contributed by atoms with van der Waals surface area (Å²) in [7, 11) is 1.89. The van der Waals surface area contributed by atoms with Crippen molar-refractivity contribution in [2.24, 2.45) is 4.99 Å². The molecule has 4 rings (SSSR count). The van der Waals surface area contributed by atoms with Crippen molar-refractivity contribution in [3.05, 3.63) is 53.4 Å². The molecular weight excluding hydrogens is 376 g/mol. The summed E-state index contributed by atoms with van der Waals surface area (Å²) in [5.41, 5.74) is 3.70. The van der Waals surface area contributed by atoms with Gasteiger partial charge in [-0.3, -0.25) is 14.8 Å². The van der Waals surface area contributed by atoms with Gasteiger partial charge in [0, 0.05) is 52.4 Å². The van der Waals surface area contributed by atoms with Crippen molar-refractivity contribution in [3.8, 4) is 0 Å². The Kier molecular flexibility index (Phi) is 7.02. The Morgan fingerprint density at radius 2 is 1.80 bits per heavy atom. The monoisotopic (exact) mass is 410 g/mol. The number of piperazine rings is 1. The minimum Gasteiger partial charge on any atom is -0.364 e. The summed E-state index contributed by atoms with van der Waals surface area (Å²) < 4.78 is 4.95. The van der Waals surface area contributed by atoms with Crippen molar-refractivity contribution in [2.45, 2.75) is 32.4 Å². The number of aromatic nitrogens is 1. The highest BCUT2D eigenvalue weighted by atomic mass is 16.5. The highest BCUT2D eigenvalue weighted by Gasteiger charge is 2.25. The van der Waals surface area contributed by atoms with Gasteiger partial charge in [0.2, 0.25) is 0 Å². The first-order chi connectivity index (χ1) is 14.7. The van der Waals surface area contributed by atoms with E-state index in [1.54, 1.807) is 6.26 Å². The van der Waals surface area contributed by atoms with Gasteiger partial charge in [0.15, 0.2) is 5.96 Å². The Labute approximate surface area is 179 Å². The number of nitrogens with one attached hydrogen (secondary N) is 1. The third kappa shape index (κ3) is 5.21. The Balaban J connectivity index is 1.33. The number of nitrogens with zero attached hydrogens (tertiary/aromatic N) is 5. The topological polar surface area (TPSA) is 60.1 Å². The molecule has 2 aliphatic rings. The predicted octanol–water partition coefficient (Wildman–Crippen LogP) is 2.51. The maximum Gasteiger partial charge on any atom is 0.193 e. The van der Waals surface area contributed by atoms with Crippen LogP contribution in [0.15, 0.2) is 46.1 Å². The largest absolute Gasteiger partial charge is 0.364 e. The molecule has 1 N–H and O–H groups in total. The first-order valence-corrected chi connectivity index (χ1v) is 11.1. The van der Waals surface area contributed by atoms with Gasteiger partial charge in [-0.15, -0.1) is 0 Å². The van der Waals surface area contributed by atoms with E-state index in [0.717, 1.165) is 50.9 Å². The molecule has 0 bridgehead atoms. The summed E-state index contributed by atoms with van der Waals surface area (Å²) in [6, 6.07) is 11.3. The Morgan fingerprint density at radius 3 is 2.43 bits per heavy atom. The lowest BCUT2D eigenvalue weighted by Gasteiger charge is -2.37. The van der Waals surface area contributed by atoms with Gasteiger partial charge in [-0.05, 0) is 38.4 Å². The van der Waals surface area contributed by atoms with Gasteiger partial charge in [-0.2, -0.15) is 0 Å². The lowest BCUT2D eigenvalue weighted by molar-refractivity contribution is 0.167. The Bertz CT molecular complexity index is 790. The van der Waals surface area contributed by atoms with Crippen molar-refractivity contribution < 1.29 is 4.52 Å². The lowest BCUT2D eigenvalue weighted by Crippen LogP contribution is -2.53. The van der Waals surface area contributed by atoms with Crippen molar-refractivity contribution in [3.63, 3.8) is 0 Å². The molecule has 0 amide bonds. The summed E-state index contributed by atoms with van der Waals surface area (Å²) in [6.45, 7) is 10.2. The van der Waals surface area contributed by atoms with E-state index < -0.39 is 0 Å². The van der Waals surface area contributed by atoms with Crippen LogP contribution in [0.25, 0.3) is 0 Å². The molecule has 1 aromatic carbocycles. The zero-order valence-corrected chi connectivity index (χ0v) is 18.3. The van der Waals surface area contributed by atoms with Crippen molar-refractivity contribution in [1.82, 2.24) is 25.2 Å². The second-order valence-corrected chi connectivity index (χ2v) is 8.35. The Hall–Kier alpha value is -2.38. The fraction of sp³-hybridized carbons (Fsp3) is 0.565. The first kappa shape index (κ1) is 20.9. The maximum atomic E-state index is 4.95. The number of benzene rings is 1. The second-order valence-electron chi connectivity index (χ2n) is 8.35. The highest BCUT2D eigenvalue weighted by molar-refractivity contribution is 5.80. The summed E-state index contributed by atoms with van der Waals surface area (Å²) in [5.74, 6) is 1.01. The van der Waals surface area contributed by atoms with Gasteiger partial charge in [-0.1, -0.05) is 35.0 Å². The van der Waals surface area contributed by atoms with E-state index in [2.05, 4.69) is 61.4 Å². The van der Waals surface area contributed by atoms with Gasteiger partial charge in [0.05, 0.1) is 11.7 Å². The number of aryl methyl sites for hydroxylation is 1. The van der Waals surface area contributed by atoms with Crippen LogP contribution in [0.1, 0.15) is 35.7 Å². The standard InChI is InChI=1S/C23H34N6O/c1-19-5-7-20(8-6-19)22(28-10-3-4-11-28)17-25-23(24-2)29-14-12-27(13-15-29)18-21-9-16-30-26-21/h5-9,16,22H,3-4,10-15,17-18H2,1-2H3,(H,24,25). The molecule has 2 fully saturated rings. The van der Waals surface area contributed by atoms with Crippen LogP contribution in [0.4, 0.5) is 0 Å². The molecule has 30 heavy (non-hydrogen) atoms. The van der Waals surface area contributed by atoms with Gasteiger partial charge >= 0.3 is 0 Å². The SMILES string of the molecule is CN=C(NCC(c1ccc(C)cc1)N1CCCC1)N1CCN(Cc2ccon2)CC1. The molecule has 2 aliphatic heterocycles. The van der Waals surface area contributed by atoms with Crippen LogP contribution in [0, 0.1) is 6.92 Å². The average Bonchev–Trinajstić information content (AvgIpc) is 3.48. The van der Waals surface area contributed by atoms with E-state index >= 15 is 0 Å². The van der Waals surface area contributed by atoms with E-state index in [-0.39, 0.29) is 0 Å². The van der Waals surface area contributed by atoms with Crippen LogP contribution in [-0.4, -0.2) is 78.7 Å². The third-order valence-electron chi connectivity index (χ3n) is 6.26. The molecule has 0 radical (unpaired) electrons. The fourth-order valence-corrected chi connectivity index (χ4v) is 4.49. The zero-order chi connectivity index (χ0) is 20.8. The van der Waals surface area contributed by atoms with Gasteiger partial charge < -0.3 is 14.7 Å². The smallest absolute Gasteiger partial charge is 0.193 e. The second kappa shape index (κ2) is 10.1. The summed E-state index contributed by atoms with van der Waals surface area (Å²) in [6.07, 6.45) is 4.23. The van der Waals surface area contributed by atoms with Crippen LogP contribution in [0.3, 0.4) is 0 Å². The van der Waals surface area contributed by atoms with Crippen LogP contribution in [-0.2, 0) is 6.54 Å². The van der Waals surface area contributed by atoms with Gasteiger partial charge in [-0.25, -0.2) is 0 Å². The van der Waals surface area contributed by atoms with Crippen molar-refractivity contribution in [1.29, 1.82) is 0 Å². The lowest BCUT2D eigenvalue weighted by atomic mass is 10.0. The van der Waals surface area contributed by atoms with E-state index in [1.165, 1.54) is 37.1 Å². The molecule has 7 heteroatoms. The van der Waals surface area contributed by atoms with Crippen LogP contribution in [0.5, 0.6) is 0 Å². The van der Waals surface area contributed by atoms with Crippen LogP contribution in [0.2, 0.25) is 0 Å². The molecule has 2 aromatic rings. The number of guanidine groups is 1. The molecule has 7 nitrogen and oxygen atoms in total. The highest BCUT2D eigenvalue weighted by Crippen LogP contribution is 2.25. The van der Waals surface area contributed by atoms with E-state index in [1.807, 2.05) is 13.1 Å². The number of hydrogen-bond donors (Lipinski definition) is 1. The number of likely N-dealkylation sites (tertiary alicyclic amines) is 1. The van der Waals surface area contributed by atoms with E-state index in [9.17, 15) is 0 Å². The molecule has 3 heterocycles. The maximum absolute atomic E-state index is 4.95. The van der Waals surface area contributed by atoms with Crippen molar-refractivity contribution >= 4 is 5.96 Å². The van der Waals surface area contributed by atoms with E-state index in [0.29, 0.717) is 6.04 Å². The van der Waals surface area contributed by atoms with Crippen LogP contribution >= 0.6 is 0 Å². The van der Waals surface area contributed by atoms with Crippen molar-refractivity contribution in [2.75, 3.05) is 52.9 Å². The molecule has 2 saturated heterocycles. The average molecular weight is 411 g/mol. The number of rotatable bonds is 6. The quantitative estimate of drug-likeness (QED) is 0.583. The molecule has 1 aromatic heterocycles. The summed E-state index contributed by atoms with van der Waals surface area (Å²) in [4.78, 5) is 12.0. The predicted molar refractivity (Wildman–Crippen MR) is 119 cm³/mol.